The van der Waals surface area contributed by atoms with E-state index in [4.69, 9.17) is 5.73 Å². The molecule has 5 nitrogen and oxygen atoms in total. The molecule has 3 rings (SSSR count). The van der Waals surface area contributed by atoms with E-state index in [1.165, 1.54) is 18.4 Å². The van der Waals surface area contributed by atoms with Crippen molar-refractivity contribution in [1.82, 2.24) is 9.97 Å². The Morgan fingerprint density at radius 3 is 2.44 bits per heavy atom. The topological polar surface area (TPSA) is 67.1 Å². The van der Waals surface area contributed by atoms with Gasteiger partial charge < -0.3 is 16.0 Å². The Kier molecular flexibility index (Phi) is 5.11. The molecule has 1 fully saturated rings. The van der Waals surface area contributed by atoms with Crippen molar-refractivity contribution in [2.24, 2.45) is 5.92 Å². The maximum Gasteiger partial charge on any atom is 0.157 e. The molecule has 1 aromatic carbocycles. The van der Waals surface area contributed by atoms with E-state index in [9.17, 15) is 0 Å². The molecule has 0 atom stereocenters. The lowest BCUT2D eigenvalue weighted by Crippen LogP contribution is -2.36. The van der Waals surface area contributed by atoms with Crippen molar-refractivity contribution in [2.75, 3.05) is 29.0 Å². The van der Waals surface area contributed by atoms with E-state index in [1.807, 2.05) is 0 Å². The number of benzene rings is 1. The van der Waals surface area contributed by atoms with Crippen LogP contribution in [0.4, 0.5) is 17.3 Å². The van der Waals surface area contributed by atoms with Gasteiger partial charge in [-0.25, -0.2) is 9.97 Å². The first-order chi connectivity index (χ1) is 11.9. The molecule has 1 aromatic heterocycles. The highest BCUT2D eigenvalue weighted by atomic mass is 15.2. The number of rotatable bonds is 4. The first-order valence-electron chi connectivity index (χ1n) is 9.10. The van der Waals surface area contributed by atoms with Crippen molar-refractivity contribution >= 4 is 17.3 Å². The van der Waals surface area contributed by atoms with Crippen molar-refractivity contribution < 1.29 is 0 Å². The van der Waals surface area contributed by atoms with Gasteiger partial charge in [0.15, 0.2) is 11.6 Å². The highest BCUT2D eigenvalue weighted by molar-refractivity contribution is 5.75. The Morgan fingerprint density at radius 2 is 1.80 bits per heavy atom. The summed E-state index contributed by atoms with van der Waals surface area (Å²) in [4.78, 5) is 11.1. The minimum atomic E-state index is -0.0809. The Labute approximate surface area is 150 Å². The smallest absolute Gasteiger partial charge is 0.157 e. The van der Waals surface area contributed by atoms with E-state index >= 15 is 0 Å². The second-order valence-electron chi connectivity index (χ2n) is 7.95. The predicted molar refractivity (Wildman–Crippen MR) is 105 cm³/mol. The summed E-state index contributed by atoms with van der Waals surface area (Å²) in [6.07, 6.45) is 5.10. The fraction of sp³-hybridized carbons (Fsp3) is 0.500. The molecule has 2 heterocycles. The number of nitrogens with zero attached hydrogens (tertiary/aromatic N) is 3. The molecule has 0 aliphatic carbocycles. The molecular weight excluding hydrogens is 310 g/mol. The standard InChI is InChI=1S/C20H29N5/c1-20(2,3)24-18-17(21)19(23-14-22-18)25-11-9-16(10-12-25)13-15-7-5-4-6-8-15/h4-8,14,16H,9-13,21H2,1-3H3,(H,22,23,24). The fourth-order valence-electron chi connectivity index (χ4n) is 3.39. The minimum absolute atomic E-state index is 0.0809. The van der Waals surface area contributed by atoms with Crippen LogP contribution in [-0.2, 0) is 6.42 Å². The second kappa shape index (κ2) is 7.30. The molecule has 1 aliphatic heterocycles. The molecule has 134 valence electrons. The van der Waals surface area contributed by atoms with E-state index in [-0.39, 0.29) is 5.54 Å². The second-order valence-corrected chi connectivity index (χ2v) is 7.95. The average Bonchev–Trinajstić information content (AvgIpc) is 2.57. The summed E-state index contributed by atoms with van der Waals surface area (Å²) in [7, 11) is 0. The molecule has 1 aliphatic rings. The number of piperidine rings is 1. The van der Waals surface area contributed by atoms with E-state index in [2.05, 4.69) is 71.3 Å². The number of nitrogens with one attached hydrogen (secondary N) is 1. The predicted octanol–water partition coefficient (Wildman–Crippen LogP) is 3.73. The Morgan fingerprint density at radius 1 is 1.12 bits per heavy atom. The van der Waals surface area contributed by atoms with Gasteiger partial charge in [-0.05, 0) is 51.5 Å². The summed E-state index contributed by atoms with van der Waals surface area (Å²) < 4.78 is 0. The Bertz CT molecular complexity index is 685. The minimum Gasteiger partial charge on any atom is -0.393 e. The third-order valence-corrected chi connectivity index (χ3v) is 4.64. The van der Waals surface area contributed by atoms with Crippen LogP contribution in [0.1, 0.15) is 39.2 Å². The van der Waals surface area contributed by atoms with Gasteiger partial charge in [-0.1, -0.05) is 30.3 Å². The summed E-state index contributed by atoms with van der Waals surface area (Å²) in [6.45, 7) is 8.29. The molecule has 2 aromatic rings. The quantitative estimate of drug-likeness (QED) is 0.888. The van der Waals surface area contributed by atoms with Gasteiger partial charge in [-0.15, -0.1) is 0 Å². The van der Waals surface area contributed by atoms with Gasteiger partial charge in [0.1, 0.15) is 12.0 Å². The van der Waals surface area contributed by atoms with Gasteiger partial charge >= 0.3 is 0 Å². The van der Waals surface area contributed by atoms with E-state index in [1.54, 1.807) is 6.33 Å². The monoisotopic (exact) mass is 339 g/mol. The maximum absolute atomic E-state index is 6.35. The van der Waals surface area contributed by atoms with E-state index < -0.39 is 0 Å². The van der Waals surface area contributed by atoms with Crippen LogP contribution in [0.15, 0.2) is 36.7 Å². The highest BCUT2D eigenvalue weighted by Gasteiger charge is 2.23. The first-order valence-corrected chi connectivity index (χ1v) is 9.10. The lowest BCUT2D eigenvalue weighted by molar-refractivity contribution is 0.402. The van der Waals surface area contributed by atoms with Gasteiger partial charge in [-0.2, -0.15) is 0 Å². The first kappa shape index (κ1) is 17.5. The zero-order valence-electron chi connectivity index (χ0n) is 15.5. The van der Waals surface area contributed by atoms with Gasteiger partial charge in [0, 0.05) is 18.6 Å². The molecule has 3 N–H and O–H groups in total. The van der Waals surface area contributed by atoms with Crippen molar-refractivity contribution in [3.63, 3.8) is 0 Å². The number of nitrogen functional groups attached to an aromatic ring is 1. The van der Waals surface area contributed by atoms with Crippen LogP contribution >= 0.6 is 0 Å². The normalized spacial score (nSPS) is 16.0. The van der Waals surface area contributed by atoms with Crippen LogP contribution in [0, 0.1) is 5.92 Å². The van der Waals surface area contributed by atoms with Crippen molar-refractivity contribution in [1.29, 1.82) is 0 Å². The number of anilines is 3. The number of hydrogen-bond donors (Lipinski definition) is 2. The van der Waals surface area contributed by atoms with Crippen molar-refractivity contribution in [2.45, 2.75) is 45.6 Å². The highest BCUT2D eigenvalue weighted by Crippen LogP contribution is 2.31. The molecule has 1 saturated heterocycles. The van der Waals surface area contributed by atoms with Gasteiger partial charge in [0.05, 0.1) is 0 Å². The lowest BCUT2D eigenvalue weighted by Gasteiger charge is -2.34. The van der Waals surface area contributed by atoms with Gasteiger partial charge in [-0.3, -0.25) is 0 Å². The van der Waals surface area contributed by atoms with Crippen LogP contribution in [-0.4, -0.2) is 28.6 Å². The number of nitrogens with two attached hydrogens (primary N) is 1. The fourth-order valence-corrected chi connectivity index (χ4v) is 3.39. The zero-order chi connectivity index (χ0) is 17.9. The summed E-state index contributed by atoms with van der Waals surface area (Å²) in [5.74, 6) is 2.32. The summed E-state index contributed by atoms with van der Waals surface area (Å²) in [5.41, 5.74) is 8.35. The molecule has 5 heteroatoms. The van der Waals surface area contributed by atoms with Crippen LogP contribution in [0.5, 0.6) is 0 Å². The Hall–Kier alpha value is -2.30. The molecule has 0 radical (unpaired) electrons. The number of hydrogen-bond acceptors (Lipinski definition) is 5. The van der Waals surface area contributed by atoms with Crippen LogP contribution < -0.4 is 16.0 Å². The summed E-state index contributed by atoms with van der Waals surface area (Å²) in [5, 5.41) is 3.37. The molecular formula is C20H29N5. The zero-order valence-corrected chi connectivity index (χ0v) is 15.5. The molecule has 0 bridgehead atoms. The maximum atomic E-state index is 6.35. The third-order valence-electron chi connectivity index (χ3n) is 4.64. The molecule has 0 spiro atoms. The SMILES string of the molecule is CC(C)(C)Nc1ncnc(N2CCC(Cc3ccccc3)CC2)c1N. The Balaban J connectivity index is 1.64. The van der Waals surface area contributed by atoms with Gasteiger partial charge in [0.2, 0.25) is 0 Å². The van der Waals surface area contributed by atoms with Gasteiger partial charge in [0.25, 0.3) is 0 Å². The van der Waals surface area contributed by atoms with Crippen molar-refractivity contribution in [3.8, 4) is 0 Å². The molecule has 25 heavy (non-hydrogen) atoms. The molecule has 0 unspecified atom stereocenters. The van der Waals surface area contributed by atoms with Crippen molar-refractivity contribution in [3.05, 3.63) is 42.2 Å². The largest absolute Gasteiger partial charge is 0.393 e. The number of aromatic nitrogens is 2. The lowest BCUT2D eigenvalue weighted by atomic mass is 9.90. The van der Waals surface area contributed by atoms with Crippen LogP contribution in [0.3, 0.4) is 0 Å². The molecule has 0 amide bonds. The van der Waals surface area contributed by atoms with E-state index in [0.29, 0.717) is 5.69 Å². The average molecular weight is 339 g/mol. The molecule has 0 saturated carbocycles. The van der Waals surface area contributed by atoms with E-state index in [0.717, 1.165) is 37.1 Å². The summed E-state index contributed by atoms with van der Waals surface area (Å²) >= 11 is 0. The van der Waals surface area contributed by atoms with Crippen LogP contribution in [0.25, 0.3) is 0 Å². The third kappa shape index (κ3) is 4.62. The summed E-state index contributed by atoms with van der Waals surface area (Å²) in [6, 6.07) is 10.8. The van der Waals surface area contributed by atoms with Crippen LogP contribution in [0.2, 0.25) is 0 Å².